The molecule has 1 fully saturated rings. The summed E-state index contributed by atoms with van der Waals surface area (Å²) in [6.45, 7) is 1.10. The second kappa shape index (κ2) is 9.72. The number of rotatable bonds is 8. The van der Waals surface area contributed by atoms with Gasteiger partial charge >= 0.3 is 0 Å². The number of carbonyl (C=O) groups excluding carboxylic acids is 2. The number of carbonyl (C=O) groups is 2. The molecule has 1 N–H and O–H groups in total. The van der Waals surface area contributed by atoms with Crippen LogP contribution in [-0.4, -0.2) is 53.0 Å². The number of benzene rings is 2. The van der Waals surface area contributed by atoms with Gasteiger partial charge in [0.15, 0.2) is 23.0 Å². The van der Waals surface area contributed by atoms with Gasteiger partial charge in [0.1, 0.15) is 0 Å². The molecule has 33 heavy (non-hydrogen) atoms. The minimum Gasteiger partial charge on any atom is -0.493 e. The van der Waals surface area contributed by atoms with Crippen LogP contribution < -0.4 is 33.9 Å². The first-order valence-corrected chi connectivity index (χ1v) is 10.5. The quantitative estimate of drug-likeness (QED) is 0.613. The zero-order chi connectivity index (χ0) is 23.4. The Kier molecular flexibility index (Phi) is 6.58. The van der Waals surface area contributed by atoms with E-state index >= 15 is 0 Å². The highest BCUT2D eigenvalue weighted by Crippen LogP contribution is 2.39. The monoisotopic (exact) mass is 454 g/mol. The summed E-state index contributed by atoms with van der Waals surface area (Å²) in [6.07, 6.45) is 3.47. The highest BCUT2D eigenvalue weighted by atomic mass is 16.7. The van der Waals surface area contributed by atoms with E-state index in [9.17, 15) is 9.59 Å². The summed E-state index contributed by atoms with van der Waals surface area (Å²) in [6, 6.07) is 8.95. The predicted octanol–water partition coefficient (Wildman–Crippen LogP) is 2.62. The number of nitrogens with zero attached hydrogens (tertiary/aromatic N) is 1. The number of ether oxygens (including phenoxy) is 5. The fourth-order valence-electron chi connectivity index (χ4n) is 3.89. The number of hydrogen-bond acceptors (Lipinski definition) is 7. The maximum Gasteiger partial charge on any atom is 0.244 e. The second-order valence-electron chi connectivity index (χ2n) is 7.65. The van der Waals surface area contributed by atoms with Gasteiger partial charge in [-0.3, -0.25) is 9.59 Å². The molecule has 2 heterocycles. The molecule has 2 amide bonds. The van der Waals surface area contributed by atoms with Gasteiger partial charge in [0.05, 0.1) is 21.3 Å². The van der Waals surface area contributed by atoms with Crippen LogP contribution in [0.3, 0.4) is 0 Å². The zero-order valence-corrected chi connectivity index (χ0v) is 18.8. The first-order valence-electron chi connectivity index (χ1n) is 10.5. The molecule has 174 valence electrons. The minimum absolute atomic E-state index is 0.0149. The number of nitrogens with one attached hydrogen (secondary N) is 1. The summed E-state index contributed by atoms with van der Waals surface area (Å²) >= 11 is 0. The SMILES string of the molecule is COc1cc(/C=C\C(=O)NCC2CC(=O)N(c3ccc4c(c3)OCO4)C2)cc(OC)c1OC. The third kappa shape index (κ3) is 4.82. The molecule has 2 aromatic carbocycles. The van der Waals surface area contributed by atoms with E-state index in [1.165, 1.54) is 27.4 Å². The molecular formula is C24H26N2O7. The van der Waals surface area contributed by atoms with E-state index in [0.717, 1.165) is 11.3 Å². The topological polar surface area (TPSA) is 95.6 Å². The summed E-state index contributed by atoms with van der Waals surface area (Å²) in [5, 5.41) is 2.87. The van der Waals surface area contributed by atoms with Crippen molar-refractivity contribution in [2.24, 2.45) is 5.92 Å². The van der Waals surface area contributed by atoms with Crippen molar-refractivity contribution in [3.8, 4) is 28.7 Å². The molecular weight excluding hydrogens is 428 g/mol. The number of fused-ring (bicyclic) bond motifs is 1. The summed E-state index contributed by atoms with van der Waals surface area (Å²) in [7, 11) is 4.60. The first-order chi connectivity index (χ1) is 16.0. The van der Waals surface area contributed by atoms with Crippen LogP contribution in [0.15, 0.2) is 36.4 Å². The average molecular weight is 454 g/mol. The van der Waals surface area contributed by atoms with Crippen molar-refractivity contribution in [1.82, 2.24) is 5.32 Å². The van der Waals surface area contributed by atoms with E-state index in [1.54, 1.807) is 35.2 Å². The Bertz CT molecular complexity index is 1060. The van der Waals surface area contributed by atoms with Crippen LogP contribution in [0.25, 0.3) is 6.08 Å². The summed E-state index contributed by atoms with van der Waals surface area (Å²) in [5.74, 6) is 2.58. The van der Waals surface area contributed by atoms with Crippen molar-refractivity contribution in [2.45, 2.75) is 6.42 Å². The van der Waals surface area contributed by atoms with Crippen molar-refractivity contribution in [1.29, 1.82) is 0 Å². The molecule has 2 aliphatic heterocycles. The lowest BCUT2D eigenvalue weighted by atomic mass is 10.1. The molecule has 9 nitrogen and oxygen atoms in total. The van der Waals surface area contributed by atoms with Crippen LogP contribution in [0.1, 0.15) is 12.0 Å². The van der Waals surface area contributed by atoms with Crippen LogP contribution >= 0.6 is 0 Å². The molecule has 0 spiro atoms. The third-order valence-electron chi connectivity index (χ3n) is 5.55. The zero-order valence-electron chi connectivity index (χ0n) is 18.8. The summed E-state index contributed by atoms with van der Waals surface area (Å²) < 4.78 is 26.7. The molecule has 0 radical (unpaired) electrons. The molecule has 0 saturated carbocycles. The van der Waals surface area contributed by atoms with Crippen molar-refractivity contribution < 1.29 is 33.3 Å². The summed E-state index contributed by atoms with van der Waals surface area (Å²) in [5.41, 5.74) is 1.49. The van der Waals surface area contributed by atoms with Crippen LogP contribution in [0.2, 0.25) is 0 Å². The van der Waals surface area contributed by atoms with Gasteiger partial charge in [0, 0.05) is 43.3 Å². The van der Waals surface area contributed by atoms with Gasteiger partial charge in [-0.2, -0.15) is 0 Å². The van der Waals surface area contributed by atoms with Crippen LogP contribution in [0, 0.1) is 5.92 Å². The van der Waals surface area contributed by atoms with E-state index in [2.05, 4.69) is 5.32 Å². The minimum atomic E-state index is -0.252. The Morgan fingerprint density at radius 2 is 1.82 bits per heavy atom. The third-order valence-corrected chi connectivity index (χ3v) is 5.55. The Morgan fingerprint density at radius 3 is 2.52 bits per heavy atom. The van der Waals surface area contributed by atoms with E-state index in [0.29, 0.717) is 48.3 Å². The molecule has 4 rings (SSSR count). The number of hydrogen-bond donors (Lipinski definition) is 1. The van der Waals surface area contributed by atoms with Crippen LogP contribution in [-0.2, 0) is 9.59 Å². The lowest BCUT2D eigenvalue weighted by Gasteiger charge is -2.17. The molecule has 1 unspecified atom stereocenters. The molecule has 1 atom stereocenters. The fourth-order valence-corrected chi connectivity index (χ4v) is 3.89. The van der Waals surface area contributed by atoms with Crippen LogP contribution in [0.5, 0.6) is 28.7 Å². The smallest absolute Gasteiger partial charge is 0.244 e. The molecule has 1 saturated heterocycles. The lowest BCUT2D eigenvalue weighted by molar-refractivity contribution is -0.118. The largest absolute Gasteiger partial charge is 0.493 e. The Labute approximate surface area is 191 Å². The summed E-state index contributed by atoms with van der Waals surface area (Å²) in [4.78, 5) is 26.6. The predicted molar refractivity (Wildman–Crippen MR) is 121 cm³/mol. The van der Waals surface area contributed by atoms with Crippen LogP contribution in [0.4, 0.5) is 5.69 Å². The number of methoxy groups -OCH3 is 3. The maximum absolute atomic E-state index is 12.5. The Morgan fingerprint density at radius 1 is 1.09 bits per heavy atom. The Balaban J connectivity index is 1.34. The van der Waals surface area contributed by atoms with Gasteiger partial charge in [0.25, 0.3) is 0 Å². The van der Waals surface area contributed by atoms with E-state index in [1.807, 2.05) is 6.07 Å². The average Bonchev–Trinajstić information content (AvgIpc) is 3.46. The first kappa shape index (κ1) is 22.3. The number of anilines is 1. The standard InChI is InChI=1S/C24H26N2O7/c1-29-20-8-15(9-21(30-2)24(20)31-3)4-7-22(27)25-12-16-10-23(28)26(13-16)17-5-6-18-19(11-17)33-14-32-18/h4-9,11,16H,10,12-14H2,1-3H3,(H,25,27)/b7-4-. The van der Waals surface area contributed by atoms with Gasteiger partial charge in [-0.15, -0.1) is 0 Å². The Hall–Kier alpha value is -3.88. The molecule has 0 aliphatic carbocycles. The van der Waals surface area contributed by atoms with Crippen molar-refractivity contribution >= 4 is 23.6 Å². The van der Waals surface area contributed by atoms with E-state index in [4.69, 9.17) is 23.7 Å². The highest BCUT2D eigenvalue weighted by molar-refractivity contribution is 5.96. The molecule has 0 bridgehead atoms. The maximum atomic E-state index is 12.5. The van der Waals surface area contributed by atoms with Gasteiger partial charge in [0.2, 0.25) is 24.4 Å². The van der Waals surface area contributed by atoms with Gasteiger partial charge in [-0.05, 0) is 35.9 Å². The highest BCUT2D eigenvalue weighted by Gasteiger charge is 2.31. The lowest BCUT2D eigenvalue weighted by Crippen LogP contribution is -2.30. The van der Waals surface area contributed by atoms with Crippen molar-refractivity contribution in [3.05, 3.63) is 42.0 Å². The van der Waals surface area contributed by atoms with Gasteiger partial charge < -0.3 is 33.9 Å². The molecule has 9 heteroatoms. The molecule has 2 aliphatic rings. The van der Waals surface area contributed by atoms with Crippen molar-refractivity contribution in [2.75, 3.05) is 46.1 Å². The van der Waals surface area contributed by atoms with Crippen molar-refractivity contribution in [3.63, 3.8) is 0 Å². The van der Waals surface area contributed by atoms with Gasteiger partial charge in [-0.25, -0.2) is 0 Å². The molecule has 0 aromatic heterocycles. The van der Waals surface area contributed by atoms with E-state index in [-0.39, 0.29) is 24.5 Å². The molecule has 2 aromatic rings. The van der Waals surface area contributed by atoms with E-state index < -0.39 is 0 Å². The number of amides is 2. The van der Waals surface area contributed by atoms with Gasteiger partial charge in [-0.1, -0.05) is 0 Å². The normalized spacial score (nSPS) is 16.9. The second-order valence-corrected chi connectivity index (χ2v) is 7.65. The fraction of sp³-hybridized carbons (Fsp3) is 0.333.